The van der Waals surface area contributed by atoms with Gasteiger partial charge in [-0.1, -0.05) is 11.6 Å². The molecule has 2 rings (SSSR count). The summed E-state index contributed by atoms with van der Waals surface area (Å²) < 4.78 is 41.7. The summed E-state index contributed by atoms with van der Waals surface area (Å²) in [6.07, 6.45) is 0. The number of halogens is 1. The summed E-state index contributed by atoms with van der Waals surface area (Å²) in [5.41, 5.74) is 6.51. The van der Waals surface area contributed by atoms with Crippen molar-refractivity contribution in [1.82, 2.24) is 0 Å². The molecule has 8 nitrogen and oxygen atoms in total. The molecule has 0 saturated carbocycles. The van der Waals surface area contributed by atoms with Crippen molar-refractivity contribution >= 4 is 38.8 Å². The number of methoxy groups -OCH3 is 2. The fourth-order valence-electron chi connectivity index (χ4n) is 1.82. The number of nitrogen functional groups attached to an aromatic ring is 1. The van der Waals surface area contributed by atoms with Crippen LogP contribution in [0.3, 0.4) is 0 Å². The second-order valence-electron chi connectivity index (χ2n) is 4.55. The molecule has 0 unspecified atom stereocenters. The Morgan fingerprint density at radius 2 is 1.67 bits per heavy atom. The quantitative estimate of drug-likeness (QED) is 0.470. The number of anilines is 1. The molecule has 0 aliphatic heterocycles. The summed E-state index contributed by atoms with van der Waals surface area (Å²) in [5, 5.41) is 8.05. The van der Waals surface area contributed by atoms with Crippen molar-refractivity contribution < 1.29 is 22.4 Å². The maximum absolute atomic E-state index is 11.2. The average molecular weight is 372 g/mol. The molecule has 0 radical (unpaired) electrons. The van der Waals surface area contributed by atoms with Crippen molar-refractivity contribution in [3.05, 3.63) is 35.4 Å². The van der Waals surface area contributed by atoms with E-state index in [1.54, 1.807) is 0 Å². The first-order valence-electron chi connectivity index (χ1n) is 6.46. The second-order valence-corrected chi connectivity index (χ2v) is 6.38. The SMILES string of the molecule is COc1cc(N=Nc2cc(S(=O)(=O)O)ccc2Cl)c(OC)cc1N. The number of benzene rings is 2. The summed E-state index contributed by atoms with van der Waals surface area (Å²) >= 11 is 5.96. The van der Waals surface area contributed by atoms with E-state index < -0.39 is 10.1 Å². The van der Waals surface area contributed by atoms with Crippen LogP contribution in [0.15, 0.2) is 45.5 Å². The van der Waals surface area contributed by atoms with Crippen LogP contribution in [-0.4, -0.2) is 27.2 Å². The molecule has 10 heteroatoms. The van der Waals surface area contributed by atoms with Gasteiger partial charge in [0.1, 0.15) is 22.9 Å². The summed E-state index contributed by atoms with van der Waals surface area (Å²) in [4.78, 5) is -0.345. The van der Waals surface area contributed by atoms with Crippen LogP contribution in [-0.2, 0) is 10.1 Å². The van der Waals surface area contributed by atoms with Crippen molar-refractivity contribution in [2.45, 2.75) is 4.90 Å². The molecule has 24 heavy (non-hydrogen) atoms. The van der Waals surface area contributed by atoms with Gasteiger partial charge in [-0.3, -0.25) is 4.55 Å². The zero-order chi connectivity index (χ0) is 17.9. The molecule has 0 amide bonds. The number of hydrogen-bond donors (Lipinski definition) is 2. The van der Waals surface area contributed by atoms with Crippen LogP contribution in [0, 0.1) is 0 Å². The first-order chi connectivity index (χ1) is 11.3. The summed E-state index contributed by atoms with van der Waals surface area (Å²) in [6.45, 7) is 0. The van der Waals surface area contributed by atoms with Gasteiger partial charge in [0.05, 0.1) is 29.8 Å². The van der Waals surface area contributed by atoms with Crippen molar-refractivity contribution in [3.63, 3.8) is 0 Å². The Labute approximate surface area is 143 Å². The van der Waals surface area contributed by atoms with Crippen LogP contribution in [0.1, 0.15) is 0 Å². The van der Waals surface area contributed by atoms with Gasteiger partial charge >= 0.3 is 0 Å². The number of rotatable bonds is 5. The molecule has 0 aromatic heterocycles. The largest absolute Gasteiger partial charge is 0.495 e. The first-order valence-corrected chi connectivity index (χ1v) is 8.28. The topological polar surface area (TPSA) is 124 Å². The predicted molar refractivity (Wildman–Crippen MR) is 89.4 cm³/mol. The molecule has 128 valence electrons. The van der Waals surface area contributed by atoms with E-state index in [0.717, 1.165) is 12.1 Å². The zero-order valence-electron chi connectivity index (χ0n) is 12.7. The fraction of sp³-hybridized carbons (Fsp3) is 0.143. The Morgan fingerprint density at radius 3 is 2.25 bits per heavy atom. The number of nitrogens with two attached hydrogens (primary N) is 1. The molecule has 0 fully saturated rings. The Kier molecular flexibility index (Phi) is 5.27. The minimum Gasteiger partial charge on any atom is -0.495 e. The Hall–Kier alpha value is -2.36. The molecule has 2 aromatic carbocycles. The molecule has 0 aliphatic carbocycles. The molecule has 0 bridgehead atoms. The molecule has 0 spiro atoms. The lowest BCUT2D eigenvalue weighted by atomic mass is 10.2. The van der Waals surface area contributed by atoms with Crippen LogP contribution in [0.4, 0.5) is 17.1 Å². The highest BCUT2D eigenvalue weighted by molar-refractivity contribution is 7.85. The Balaban J connectivity index is 2.48. The molecule has 0 aliphatic rings. The van der Waals surface area contributed by atoms with E-state index in [4.69, 9.17) is 31.4 Å². The van der Waals surface area contributed by atoms with Crippen molar-refractivity contribution in [2.75, 3.05) is 20.0 Å². The standard InChI is InChI=1S/C14H14ClN3O5S/c1-22-13-7-12(14(23-2)6-10(13)16)18-17-11-5-8(24(19,20)21)3-4-9(11)15/h3-7H,16H2,1-2H3,(H,19,20,21). The zero-order valence-corrected chi connectivity index (χ0v) is 14.3. The first kappa shape index (κ1) is 18.0. The molecular weight excluding hydrogens is 358 g/mol. The summed E-state index contributed by atoms with van der Waals surface area (Å²) in [6, 6.07) is 6.58. The van der Waals surface area contributed by atoms with Gasteiger partial charge in [-0.2, -0.15) is 8.42 Å². The highest BCUT2D eigenvalue weighted by Crippen LogP contribution is 2.38. The lowest BCUT2D eigenvalue weighted by Gasteiger charge is -2.09. The summed E-state index contributed by atoms with van der Waals surface area (Å²) in [7, 11) is -1.49. The van der Waals surface area contributed by atoms with E-state index in [2.05, 4.69) is 10.2 Å². The average Bonchev–Trinajstić information content (AvgIpc) is 2.53. The molecule has 3 N–H and O–H groups in total. The van der Waals surface area contributed by atoms with Crippen molar-refractivity contribution in [3.8, 4) is 11.5 Å². The van der Waals surface area contributed by atoms with E-state index in [-0.39, 0.29) is 15.6 Å². The van der Waals surface area contributed by atoms with E-state index >= 15 is 0 Å². The monoisotopic (exact) mass is 371 g/mol. The maximum Gasteiger partial charge on any atom is 0.294 e. The number of nitrogens with zero attached hydrogens (tertiary/aromatic N) is 2. The predicted octanol–water partition coefficient (Wildman–Crippen LogP) is 3.60. The second kappa shape index (κ2) is 7.04. The van der Waals surface area contributed by atoms with Gasteiger partial charge in [0.15, 0.2) is 0 Å². The van der Waals surface area contributed by atoms with Crippen LogP contribution >= 0.6 is 11.6 Å². The highest BCUT2D eigenvalue weighted by atomic mass is 35.5. The Bertz CT molecular complexity index is 900. The molecular formula is C14H14ClN3O5S. The van der Waals surface area contributed by atoms with Gasteiger partial charge in [0.2, 0.25) is 0 Å². The van der Waals surface area contributed by atoms with Gasteiger partial charge in [-0.25, -0.2) is 0 Å². The minimum atomic E-state index is -4.38. The Morgan fingerprint density at radius 1 is 1.04 bits per heavy atom. The van der Waals surface area contributed by atoms with E-state index in [1.807, 2.05) is 0 Å². The van der Waals surface area contributed by atoms with Gasteiger partial charge < -0.3 is 15.2 Å². The third-order valence-electron chi connectivity index (χ3n) is 3.01. The normalized spacial score (nSPS) is 11.7. The van der Waals surface area contributed by atoms with Crippen LogP contribution < -0.4 is 15.2 Å². The van der Waals surface area contributed by atoms with E-state index in [0.29, 0.717) is 22.9 Å². The van der Waals surface area contributed by atoms with E-state index in [1.165, 1.54) is 32.4 Å². The number of azo groups is 1. The van der Waals surface area contributed by atoms with Crippen LogP contribution in [0.25, 0.3) is 0 Å². The third kappa shape index (κ3) is 3.94. The molecule has 0 heterocycles. The van der Waals surface area contributed by atoms with Crippen LogP contribution in [0.2, 0.25) is 5.02 Å². The number of hydrogen-bond acceptors (Lipinski definition) is 7. The third-order valence-corrected chi connectivity index (χ3v) is 4.18. The van der Waals surface area contributed by atoms with E-state index in [9.17, 15) is 8.42 Å². The minimum absolute atomic E-state index is 0.0598. The fourth-order valence-corrected chi connectivity index (χ4v) is 2.48. The molecule has 0 atom stereocenters. The van der Waals surface area contributed by atoms with Crippen LogP contribution in [0.5, 0.6) is 11.5 Å². The molecule has 0 saturated heterocycles. The van der Waals surface area contributed by atoms with Crippen molar-refractivity contribution in [2.24, 2.45) is 10.2 Å². The van der Waals surface area contributed by atoms with Gasteiger partial charge in [-0.15, -0.1) is 10.2 Å². The van der Waals surface area contributed by atoms with Gasteiger partial charge in [-0.05, 0) is 18.2 Å². The number of ether oxygens (including phenoxy) is 2. The van der Waals surface area contributed by atoms with Gasteiger partial charge in [0.25, 0.3) is 10.1 Å². The molecule has 2 aromatic rings. The summed E-state index contributed by atoms with van der Waals surface area (Å²) in [5.74, 6) is 0.724. The highest BCUT2D eigenvalue weighted by Gasteiger charge is 2.13. The maximum atomic E-state index is 11.2. The lowest BCUT2D eigenvalue weighted by Crippen LogP contribution is -1.97. The van der Waals surface area contributed by atoms with Gasteiger partial charge in [0, 0.05) is 12.1 Å². The van der Waals surface area contributed by atoms with Crippen molar-refractivity contribution in [1.29, 1.82) is 0 Å². The smallest absolute Gasteiger partial charge is 0.294 e. The lowest BCUT2D eigenvalue weighted by molar-refractivity contribution is 0.406.